The Hall–Kier alpha value is -2.41. The first-order valence-corrected chi connectivity index (χ1v) is 9.10. The predicted molar refractivity (Wildman–Crippen MR) is 96.3 cm³/mol. The van der Waals surface area contributed by atoms with E-state index in [-0.39, 0.29) is 24.2 Å². The van der Waals surface area contributed by atoms with Crippen LogP contribution in [0.5, 0.6) is 5.75 Å². The summed E-state index contributed by atoms with van der Waals surface area (Å²) in [5, 5.41) is 2.81. The quantitative estimate of drug-likeness (QED) is 0.886. The highest BCUT2D eigenvalue weighted by molar-refractivity contribution is 7.13. The van der Waals surface area contributed by atoms with Crippen LogP contribution >= 0.6 is 11.3 Å². The topological polar surface area (TPSA) is 85.5 Å². The Morgan fingerprint density at radius 1 is 1.28 bits per heavy atom. The van der Waals surface area contributed by atoms with Crippen LogP contribution in [-0.2, 0) is 16.0 Å². The highest BCUT2D eigenvalue weighted by Crippen LogP contribution is 2.26. The van der Waals surface area contributed by atoms with Crippen LogP contribution in [0.15, 0.2) is 29.6 Å². The molecule has 1 aliphatic heterocycles. The van der Waals surface area contributed by atoms with Crippen molar-refractivity contribution in [3.63, 3.8) is 0 Å². The van der Waals surface area contributed by atoms with Crippen molar-refractivity contribution in [2.24, 2.45) is 11.7 Å². The van der Waals surface area contributed by atoms with Gasteiger partial charge in [0.15, 0.2) is 0 Å². The zero-order valence-corrected chi connectivity index (χ0v) is 14.9. The zero-order chi connectivity index (χ0) is 17.8. The number of rotatable bonds is 5. The van der Waals surface area contributed by atoms with Gasteiger partial charge in [-0.05, 0) is 37.1 Å². The first-order chi connectivity index (χ1) is 12.1. The Labute approximate surface area is 150 Å². The number of carbonyl (C=O) groups excluding carboxylic acids is 2. The van der Waals surface area contributed by atoms with Gasteiger partial charge in [-0.3, -0.25) is 9.59 Å². The highest BCUT2D eigenvalue weighted by Gasteiger charge is 2.26. The lowest BCUT2D eigenvalue weighted by atomic mass is 9.96. The summed E-state index contributed by atoms with van der Waals surface area (Å²) in [6.45, 7) is 1.17. The maximum absolute atomic E-state index is 12.4. The maximum atomic E-state index is 12.4. The Kier molecular flexibility index (Phi) is 5.33. The molecule has 25 heavy (non-hydrogen) atoms. The van der Waals surface area contributed by atoms with E-state index in [0.717, 1.165) is 22.0 Å². The number of hydrogen-bond donors (Lipinski definition) is 1. The fourth-order valence-electron chi connectivity index (χ4n) is 2.93. The van der Waals surface area contributed by atoms with Gasteiger partial charge in [-0.1, -0.05) is 0 Å². The second-order valence-corrected chi connectivity index (χ2v) is 6.96. The van der Waals surface area contributed by atoms with Gasteiger partial charge in [0, 0.05) is 30.0 Å². The number of aromatic nitrogens is 1. The molecule has 0 unspecified atom stereocenters. The molecule has 1 aromatic carbocycles. The first-order valence-electron chi connectivity index (χ1n) is 8.22. The zero-order valence-electron chi connectivity index (χ0n) is 14.1. The lowest BCUT2D eigenvalue weighted by Crippen LogP contribution is -2.42. The van der Waals surface area contributed by atoms with Crippen molar-refractivity contribution < 1.29 is 14.3 Å². The molecule has 0 radical (unpaired) electrons. The van der Waals surface area contributed by atoms with E-state index in [9.17, 15) is 9.59 Å². The van der Waals surface area contributed by atoms with Crippen LogP contribution in [0.25, 0.3) is 10.6 Å². The molecule has 0 aliphatic carbocycles. The van der Waals surface area contributed by atoms with E-state index in [1.54, 1.807) is 12.0 Å². The van der Waals surface area contributed by atoms with Crippen molar-refractivity contribution in [3.8, 4) is 16.3 Å². The molecule has 0 atom stereocenters. The largest absolute Gasteiger partial charge is 0.497 e. The molecule has 1 fully saturated rings. The third-order valence-corrected chi connectivity index (χ3v) is 5.41. The average molecular weight is 359 g/mol. The minimum Gasteiger partial charge on any atom is -0.497 e. The minimum absolute atomic E-state index is 0.0505. The number of piperidine rings is 1. The lowest BCUT2D eigenvalue weighted by Gasteiger charge is -2.30. The van der Waals surface area contributed by atoms with Crippen molar-refractivity contribution in [2.75, 3.05) is 20.2 Å². The van der Waals surface area contributed by atoms with E-state index in [1.807, 2.05) is 29.6 Å². The van der Waals surface area contributed by atoms with Gasteiger partial charge in [-0.15, -0.1) is 11.3 Å². The maximum Gasteiger partial charge on any atom is 0.228 e. The van der Waals surface area contributed by atoms with E-state index < -0.39 is 0 Å². The molecule has 1 saturated heterocycles. The summed E-state index contributed by atoms with van der Waals surface area (Å²) in [6, 6.07) is 7.70. The summed E-state index contributed by atoms with van der Waals surface area (Å²) < 4.78 is 5.16. The van der Waals surface area contributed by atoms with Gasteiger partial charge >= 0.3 is 0 Å². The van der Waals surface area contributed by atoms with Gasteiger partial charge in [0.05, 0.1) is 19.2 Å². The van der Waals surface area contributed by atoms with Crippen LogP contribution in [0.2, 0.25) is 0 Å². The van der Waals surface area contributed by atoms with Crippen molar-refractivity contribution in [3.05, 3.63) is 35.3 Å². The monoisotopic (exact) mass is 359 g/mol. The Bertz CT molecular complexity index is 749. The van der Waals surface area contributed by atoms with Gasteiger partial charge in [0.2, 0.25) is 11.8 Å². The Morgan fingerprint density at radius 2 is 1.96 bits per heavy atom. The molecule has 2 aromatic rings. The summed E-state index contributed by atoms with van der Waals surface area (Å²) in [5.74, 6) is 0.477. The van der Waals surface area contributed by atoms with Crippen LogP contribution in [0, 0.1) is 5.92 Å². The molecule has 7 heteroatoms. The van der Waals surface area contributed by atoms with E-state index in [1.165, 1.54) is 11.3 Å². The fourth-order valence-corrected chi connectivity index (χ4v) is 3.76. The molecule has 2 heterocycles. The van der Waals surface area contributed by atoms with E-state index >= 15 is 0 Å². The van der Waals surface area contributed by atoms with Gasteiger partial charge < -0.3 is 15.4 Å². The van der Waals surface area contributed by atoms with E-state index in [4.69, 9.17) is 10.5 Å². The summed E-state index contributed by atoms with van der Waals surface area (Å²) >= 11 is 1.53. The number of primary amides is 1. The molecule has 0 saturated carbocycles. The lowest BCUT2D eigenvalue weighted by molar-refractivity contribution is -0.134. The van der Waals surface area contributed by atoms with Crippen molar-refractivity contribution in [2.45, 2.75) is 19.3 Å². The summed E-state index contributed by atoms with van der Waals surface area (Å²) in [6.07, 6.45) is 1.58. The normalized spacial score (nSPS) is 15.2. The van der Waals surface area contributed by atoms with Crippen LogP contribution in [0.3, 0.4) is 0 Å². The minimum atomic E-state index is -0.268. The number of nitrogens with zero attached hydrogens (tertiary/aromatic N) is 2. The molecule has 0 bridgehead atoms. The number of nitrogens with two attached hydrogens (primary N) is 1. The molecule has 6 nitrogen and oxygen atoms in total. The number of ether oxygens (including phenoxy) is 1. The van der Waals surface area contributed by atoms with Gasteiger partial charge in [-0.25, -0.2) is 4.98 Å². The van der Waals surface area contributed by atoms with Gasteiger partial charge in [0.1, 0.15) is 10.8 Å². The summed E-state index contributed by atoms with van der Waals surface area (Å²) in [5.41, 5.74) is 7.11. The molecule has 0 spiro atoms. The molecule has 2 N–H and O–H groups in total. The predicted octanol–water partition coefficient (Wildman–Crippen LogP) is 2.09. The molecule has 3 rings (SSSR count). The number of hydrogen-bond acceptors (Lipinski definition) is 5. The van der Waals surface area contributed by atoms with Crippen molar-refractivity contribution >= 4 is 23.2 Å². The highest BCUT2D eigenvalue weighted by atomic mass is 32.1. The third kappa shape index (κ3) is 4.17. The van der Waals surface area contributed by atoms with Crippen LogP contribution < -0.4 is 10.5 Å². The molecule has 132 valence electrons. The molecular weight excluding hydrogens is 338 g/mol. The number of likely N-dealkylation sites (tertiary alicyclic amines) is 1. The van der Waals surface area contributed by atoms with E-state index in [0.29, 0.717) is 25.9 Å². The van der Waals surface area contributed by atoms with Crippen molar-refractivity contribution in [1.29, 1.82) is 0 Å². The van der Waals surface area contributed by atoms with E-state index in [2.05, 4.69) is 4.98 Å². The molecule has 2 amide bonds. The number of carbonyl (C=O) groups is 2. The number of thiazole rings is 1. The number of amides is 2. The number of methoxy groups -OCH3 is 1. The van der Waals surface area contributed by atoms with Gasteiger partial charge in [-0.2, -0.15) is 0 Å². The summed E-state index contributed by atoms with van der Waals surface area (Å²) in [7, 11) is 1.63. The van der Waals surface area contributed by atoms with Crippen molar-refractivity contribution in [1.82, 2.24) is 9.88 Å². The standard InChI is InChI=1S/C18H21N3O3S/c1-24-15-4-2-13(3-5-15)18-20-14(11-25-18)10-16(22)21-8-6-12(7-9-21)17(19)23/h2-5,11-12H,6-10H2,1H3,(H2,19,23). The van der Waals surface area contributed by atoms with Crippen LogP contribution in [-0.4, -0.2) is 41.9 Å². The Balaban J connectivity index is 1.59. The smallest absolute Gasteiger partial charge is 0.228 e. The fraction of sp³-hybridized carbons (Fsp3) is 0.389. The molecular formula is C18H21N3O3S. The first kappa shape index (κ1) is 17.4. The molecule has 1 aromatic heterocycles. The van der Waals surface area contributed by atoms with Crippen LogP contribution in [0.4, 0.5) is 0 Å². The van der Waals surface area contributed by atoms with Gasteiger partial charge in [0.25, 0.3) is 0 Å². The second kappa shape index (κ2) is 7.65. The SMILES string of the molecule is COc1ccc(-c2nc(CC(=O)N3CCC(C(N)=O)CC3)cs2)cc1. The third-order valence-electron chi connectivity index (χ3n) is 4.47. The second-order valence-electron chi connectivity index (χ2n) is 6.11. The molecule has 1 aliphatic rings. The summed E-state index contributed by atoms with van der Waals surface area (Å²) in [4.78, 5) is 30.0. The Morgan fingerprint density at radius 3 is 2.56 bits per heavy atom. The number of benzene rings is 1. The average Bonchev–Trinajstić information content (AvgIpc) is 3.10. The van der Waals surface area contributed by atoms with Crippen LogP contribution in [0.1, 0.15) is 18.5 Å².